The summed E-state index contributed by atoms with van der Waals surface area (Å²) in [7, 11) is 3.53. The molecule has 0 saturated carbocycles. The highest BCUT2D eigenvalue weighted by atomic mass is 16.2. The fraction of sp³-hybridized carbons (Fsp3) is 0.440. The fourth-order valence-electron chi connectivity index (χ4n) is 3.79. The lowest BCUT2D eigenvalue weighted by Crippen LogP contribution is -2.50. The van der Waals surface area contributed by atoms with Crippen molar-refractivity contribution in [3.05, 3.63) is 71.8 Å². The summed E-state index contributed by atoms with van der Waals surface area (Å²) in [6.45, 7) is 5.17. The van der Waals surface area contributed by atoms with Crippen molar-refractivity contribution in [3.63, 3.8) is 0 Å². The van der Waals surface area contributed by atoms with Gasteiger partial charge in [0.2, 0.25) is 5.91 Å². The maximum absolute atomic E-state index is 12.0. The minimum absolute atomic E-state index is 0.0284. The quantitative estimate of drug-likeness (QED) is 0.533. The molecule has 1 fully saturated rings. The van der Waals surface area contributed by atoms with Gasteiger partial charge in [-0.15, -0.1) is 0 Å². The summed E-state index contributed by atoms with van der Waals surface area (Å²) in [6.07, 6.45) is 2.09. The fourth-order valence-corrected chi connectivity index (χ4v) is 3.79. The van der Waals surface area contributed by atoms with Crippen LogP contribution in [0.4, 0.5) is 0 Å². The van der Waals surface area contributed by atoms with Crippen molar-refractivity contribution < 1.29 is 4.79 Å². The van der Waals surface area contributed by atoms with E-state index < -0.39 is 0 Å². The summed E-state index contributed by atoms with van der Waals surface area (Å²) in [6, 6.07) is 21.6. The number of carbonyl (C=O) groups is 1. The zero-order valence-electron chi connectivity index (χ0n) is 18.9. The number of nitrogens with zero attached hydrogens (tertiary/aromatic N) is 3. The first kappa shape index (κ1) is 22.8. The predicted molar refractivity (Wildman–Crippen MR) is 127 cm³/mol. The van der Waals surface area contributed by atoms with Gasteiger partial charge in [0, 0.05) is 39.3 Å². The molecule has 1 unspecified atom stereocenters. The van der Waals surface area contributed by atoms with Crippen LogP contribution >= 0.6 is 0 Å². The molecule has 1 atom stereocenters. The molecule has 0 radical (unpaired) electrons. The molecule has 1 aliphatic heterocycles. The van der Waals surface area contributed by atoms with Crippen molar-refractivity contribution in [2.75, 3.05) is 33.7 Å². The molecule has 166 valence electrons. The number of amides is 1. The Balaban J connectivity index is 1.57. The minimum Gasteiger partial charge on any atom is -0.354 e. The summed E-state index contributed by atoms with van der Waals surface area (Å²) < 4.78 is 0. The third-order valence-corrected chi connectivity index (χ3v) is 5.87. The third kappa shape index (κ3) is 7.10. The molecule has 6 nitrogen and oxygen atoms in total. The van der Waals surface area contributed by atoms with Crippen molar-refractivity contribution in [3.8, 4) is 0 Å². The van der Waals surface area contributed by atoms with Crippen molar-refractivity contribution in [2.45, 2.75) is 38.4 Å². The zero-order valence-corrected chi connectivity index (χ0v) is 18.9. The second-order valence-electron chi connectivity index (χ2n) is 8.33. The maximum Gasteiger partial charge on any atom is 0.241 e. The van der Waals surface area contributed by atoms with E-state index in [1.54, 1.807) is 19.0 Å². The molecular weight excluding hydrogens is 386 g/mol. The van der Waals surface area contributed by atoms with E-state index in [1.165, 1.54) is 5.56 Å². The molecular formula is C25H35N5O. The average Bonchev–Trinajstić information content (AvgIpc) is 2.81. The van der Waals surface area contributed by atoms with Crippen molar-refractivity contribution in [1.82, 2.24) is 20.4 Å². The molecule has 1 amide bonds. The summed E-state index contributed by atoms with van der Waals surface area (Å²) >= 11 is 0. The Morgan fingerprint density at radius 3 is 2.29 bits per heavy atom. The van der Waals surface area contributed by atoms with Gasteiger partial charge >= 0.3 is 0 Å². The van der Waals surface area contributed by atoms with Crippen molar-refractivity contribution in [2.24, 2.45) is 4.99 Å². The molecule has 6 heteroatoms. The van der Waals surface area contributed by atoms with Crippen LogP contribution in [0.2, 0.25) is 0 Å². The highest BCUT2D eigenvalue weighted by molar-refractivity contribution is 5.86. The minimum atomic E-state index is 0.0284. The molecule has 31 heavy (non-hydrogen) atoms. The standard InChI is InChI=1S/C25H35N5O/c1-20(22-12-8-5-9-13-22)30-16-14-23(15-17-30)28-25(27-19-24(31)29(2)3)26-18-21-10-6-4-7-11-21/h4-13,20,23H,14-19H2,1-3H3,(H2,26,27,28). The number of likely N-dealkylation sites (N-methyl/N-ethyl adjacent to an activating group) is 1. The van der Waals surface area contributed by atoms with Crippen LogP contribution in [-0.2, 0) is 11.3 Å². The number of benzene rings is 2. The lowest BCUT2D eigenvalue weighted by molar-refractivity contribution is -0.127. The normalized spacial score (nSPS) is 16.5. The van der Waals surface area contributed by atoms with Crippen LogP contribution in [0.3, 0.4) is 0 Å². The van der Waals surface area contributed by atoms with E-state index >= 15 is 0 Å². The van der Waals surface area contributed by atoms with Crippen LogP contribution in [0.5, 0.6) is 0 Å². The van der Waals surface area contributed by atoms with E-state index in [9.17, 15) is 4.79 Å². The van der Waals surface area contributed by atoms with Gasteiger partial charge in [-0.1, -0.05) is 60.7 Å². The molecule has 0 aliphatic carbocycles. The first-order valence-electron chi connectivity index (χ1n) is 11.1. The van der Waals surface area contributed by atoms with Gasteiger partial charge in [0.25, 0.3) is 0 Å². The Morgan fingerprint density at radius 1 is 1.06 bits per heavy atom. The topological polar surface area (TPSA) is 60.0 Å². The number of guanidine groups is 1. The smallest absolute Gasteiger partial charge is 0.241 e. The lowest BCUT2D eigenvalue weighted by atomic mass is 10.0. The monoisotopic (exact) mass is 421 g/mol. The molecule has 0 bridgehead atoms. The van der Waals surface area contributed by atoms with Crippen LogP contribution in [-0.4, -0.2) is 61.4 Å². The number of rotatable bonds is 7. The van der Waals surface area contributed by atoms with Gasteiger partial charge in [-0.25, -0.2) is 4.99 Å². The van der Waals surface area contributed by atoms with Crippen LogP contribution in [0.25, 0.3) is 0 Å². The number of aliphatic imine (C=N–C) groups is 1. The predicted octanol–water partition coefficient (Wildman–Crippen LogP) is 3.04. The highest BCUT2D eigenvalue weighted by Crippen LogP contribution is 2.24. The zero-order chi connectivity index (χ0) is 22.1. The highest BCUT2D eigenvalue weighted by Gasteiger charge is 2.24. The molecule has 1 saturated heterocycles. The van der Waals surface area contributed by atoms with Gasteiger partial charge in [0.05, 0.1) is 13.1 Å². The first-order valence-corrected chi connectivity index (χ1v) is 11.1. The van der Waals surface area contributed by atoms with E-state index in [0.29, 0.717) is 24.6 Å². The van der Waals surface area contributed by atoms with E-state index in [4.69, 9.17) is 4.99 Å². The molecule has 3 rings (SSSR count). The van der Waals surface area contributed by atoms with E-state index in [1.807, 2.05) is 18.2 Å². The van der Waals surface area contributed by atoms with Gasteiger partial charge in [0.15, 0.2) is 5.96 Å². The SMILES string of the molecule is CC(c1ccccc1)N1CCC(NC(=NCc2ccccc2)NCC(=O)N(C)C)CC1. The molecule has 1 heterocycles. The van der Waals surface area contributed by atoms with Gasteiger partial charge in [-0.3, -0.25) is 9.69 Å². The van der Waals surface area contributed by atoms with Crippen LogP contribution < -0.4 is 10.6 Å². The van der Waals surface area contributed by atoms with Gasteiger partial charge < -0.3 is 15.5 Å². The second kappa shape index (κ2) is 11.5. The number of hydrogen-bond donors (Lipinski definition) is 2. The van der Waals surface area contributed by atoms with Gasteiger partial charge in [0.1, 0.15) is 0 Å². The summed E-state index contributed by atoms with van der Waals surface area (Å²) in [4.78, 5) is 20.9. The Labute approximate surface area is 186 Å². The lowest BCUT2D eigenvalue weighted by Gasteiger charge is -2.37. The molecule has 2 aromatic carbocycles. The third-order valence-electron chi connectivity index (χ3n) is 5.87. The summed E-state index contributed by atoms with van der Waals surface area (Å²) in [5.41, 5.74) is 2.51. The Hall–Kier alpha value is -2.86. The molecule has 2 aromatic rings. The van der Waals surface area contributed by atoms with E-state index in [2.05, 4.69) is 64.9 Å². The summed E-state index contributed by atoms with van der Waals surface area (Å²) in [5.74, 6) is 0.731. The number of piperidine rings is 1. The van der Waals surface area contributed by atoms with Gasteiger partial charge in [-0.2, -0.15) is 0 Å². The Bertz CT molecular complexity index is 830. The van der Waals surface area contributed by atoms with Gasteiger partial charge in [-0.05, 0) is 30.9 Å². The number of hydrogen-bond acceptors (Lipinski definition) is 3. The molecule has 1 aliphatic rings. The molecule has 0 aromatic heterocycles. The van der Waals surface area contributed by atoms with Crippen molar-refractivity contribution >= 4 is 11.9 Å². The maximum atomic E-state index is 12.0. The molecule has 2 N–H and O–H groups in total. The van der Waals surface area contributed by atoms with Crippen LogP contribution in [0, 0.1) is 0 Å². The number of likely N-dealkylation sites (tertiary alicyclic amines) is 1. The van der Waals surface area contributed by atoms with Crippen LogP contribution in [0.1, 0.15) is 36.9 Å². The Morgan fingerprint density at radius 2 is 1.68 bits per heavy atom. The average molecular weight is 422 g/mol. The van der Waals surface area contributed by atoms with Crippen molar-refractivity contribution in [1.29, 1.82) is 0 Å². The van der Waals surface area contributed by atoms with E-state index in [-0.39, 0.29) is 12.5 Å². The number of nitrogens with one attached hydrogen (secondary N) is 2. The Kier molecular flexibility index (Phi) is 8.47. The first-order chi connectivity index (χ1) is 15.0. The summed E-state index contributed by atoms with van der Waals surface area (Å²) in [5, 5.41) is 6.77. The number of carbonyl (C=O) groups excluding carboxylic acids is 1. The van der Waals surface area contributed by atoms with E-state index in [0.717, 1.165) is 31.5 Å². The van der Waals surface area contributed by atoms with Crippen LogP contribution in [0.15, 0.2) is 65.7 Å². The second-order valence-corrected chi connectivity index (χ2v) is 8.33. The molecule has 0 spiro atoms. The largest absolute Gasteiger partial charge is 0.354 e.